The Morgan fingerprint density at radius 2 is 2.18 bits per heavy atom. The SMILES string of the molecule is COc1ccccc1-c1cc(C(=O)N2CCCCC2C)[nH]n1. The van der Waals surface area contributed by atoms with Crippen LogP contribution in [-0.4, -0.2) is 40.7 Å². The number of aromatic amines is 1. The quantitative estimate of drug-likeness (QED) is 0.947. The first kappa shape index (κ1) is 14.6. The van der Waals surface area contributed by atoms with Gasteiger partial charge in [-0.2, -0.15) is 5.10 Å². The zero-order chi connectivity index (χ0) is 15.5. The van der Waals surface area contributed by atoms with Crippen LogP contribution in [0.3, 0.4) is 0 Å². The second-order valence-corrected chi connectivity index (χ2v) is 5.71. The number of nitrogens with one attached hydrogen (secondary N) is 1. The largest absolute Gasteiger partial charge is 0.496 e. The third kappa shape index (κ3) is 2.71. The third-order valence-corrected chi connectivity index (χ3v) is 4.26. The van der Waals surface area contributed by atoms with Crippen LogP contribution < -0.4 is 4.74 Å². The molecule has 0 saturated carbocycles. The Kier molecular flexibility index (Phi) is 4.13. The summed E-state index contributed by atoms with van der Waals surface area (Å²) in [7, 11) is 1.63. The Morgan fingerprint density at radius 3 is 2.95 bits per heavy atom. The van der Waals surface area contributed by atoms with E-state index in [-0.39, 0.29) is 5.91 Å². The fourth-order valence-electron chi connectivity index (χ4n) is 2.98. The molecule has 0 radical (unpaired) electrons. The highest BCUT2D eigenvalue weighted by atomic mass is 16.5. The Hall–Kier alpha value is -2.30. The number of aromatic nitrogens is 2. The van der Waals surface area contributed by atoms with Crippen LogP contribution in [0.5, 0.6) is 5.75 Å². The molecule has 0 aliphatic carbocycles. The molecule has 1 amide bonds. The molecule has 1 unspecified atom stereocenters. The van der Waals surface area contributed by atoms with Crippen LogP contribution >= 0.6 is 0 Å². The Labute approximate surface area is 130 Å². The molecule has 1 atom stereocenters. The summed E-state index contributed by atoms with van der Waals surface area (Å²) in [5.41, 5.74) is 2.15. The normalized spacial score (nSPS) is 18.3. The second-order valence-electron chi connectivity index (χ2n) is 5.71. The minimum absolute atomic E-state index is 0.0286. The van der Waals surface area contributed by atoms with Gasteiger partial charge in [0.15, 0.2) is 0 Å². The average Bonchev–Trinajstić information content (AvgIpc) is 3.04. The summed E-state index contributed by atoms with van der Waals surface area (Å²) in [5.74, 6) is 0.778. The number of likely N-dealkylation sites (tertiary alicyclic amines) is 1. The number of carbonyl (C=O) groups excluding carboxylic acids is 1. The number of piperidine rings is 1. The molecule has 5 heteroatoms. The van der Waals surface area contributed by atoms with E-state index >= 15 is 0 Å². The molecular weight excluding hydrogens is 278 g/mol. The van der Waals surface area contributed by atoms with Crippen LogP contribution in [0.15, 0.2) is 30.3 Å². The molecule has 22 heavy (non-hydrogen) atoms. The molecule has 5 nitrogen and oxygen atoms in total. The van der Waals surface area contributed by atoms with E-state index in [9.17, 15) is 4.79 Å². The van der Waals surface area contributed by atoms with Gasteiger partial charge in [0.1, 0.15) is 11.4 Å². The summed E-state index contributed by atoms with van der Waals surface area (Å²) < 4.78 is 5.35. The van der Waals surface area contributed by atoms with Gasteiger partial charge in [0.2, 0.25) is 0 Å². The number of H-pyrrole nitrogens is 1. The van der Waals surface area contributed by atoms with Gasteiger partial charge < -0.3 is 9.64 Å². The fraction of sp³-hybridized carbons (Fsp3) is 0.412. The van der Waals surface area contributed by atoms with Gasteiger partial charge in [-0.05, 0) is 44.4 Å². The summed E-state index contributed by atoms with van der Waals surface area (Å²) in [4.78, 5) is 14.6. The standard InChI is InChI=1S/C17H21N3O2/c1-12-7-5-6-10-20(12)17(21)15-11-14(18-19-15)13-8-3-4-9-16(13)22-2/h3-4,8-9,11-12H,5-7,10H2,1-2H3,(H,18,19). The van der Waals surface area contributed by atoms with Gasteiger partial charge in [-0.25, -0.2) is 0 Å². The van der Waals surface area contributed by atoms with E-state index in [1.807, 2.05) is 35.2 Å². The maximum atomic E-state index is 12.6. The van der Waals surface area contributed by atoms with Gasteiger partial charge in [-0.15, -0.1) is 0 Å². The van der Waals surface area contributed by atoms with Gasteiger partial charge in [0.25, 0.3) is 5.91 Å². The van der Waals surface area contributed by atoms with E-state index < -0.39 is 0 Å². The fourth-order valence-corrected chi connectivity index (χ4v) is 2.98. The van der Waals surface area contributed by atoms with Crippen LogP contribution in [0.1, 0.15) is 36.7 Å². The number of hydrogen-bond acceptors (Lipinski definition) is 3. The average molecular weight is 299 g/mol. The molecule has 2 aromatic rings. The van der Waals surface area contributed by atoms with Crippen molar-refractivity contribution in [3.8, 4) is 17.0 Å². The van der Waals surface area contributed by atoms with Crippen molar-refractivity contribution in [1.29, 1.82) is 0 Å². The predicted molar refractivity (Wildman–Crippen MR) is 84.9 cm³/mol. The van der Waals surface area contributed by atoms with Crippen molar-refractivity contribution in [2.24, 2.45) is 0 Å². The molecule has 1 saturated heterocycles. The first-order valence-electron chi connectivity index (χ1n) is 7.70. The Bertz CT molecular complexity index is 665. The van der Waals surface area contributed by atoms with E-state index in [2.05, 4.69) is 17.1 Å². The van der Waals surface area contributed by atoms with Crippen molar-refractivity contribution in [3.63, 3.8) is 0 Å². The number of nitrogens with zero attached hydrogens (tertiary/aromatic N) is 2. The summed E-state index contributed by atoms with van der Waals surface area (Å²) >= 11 is 0. The molecule has 0 spiro atoms. The maximum Gasteiger partial charge on any atom is 0.272 e. The number of para-hydroxylation sites is 1. The zero-order valence-electron chi connectivity index (χ0n) is 13.0. The summed E-state index contributed by atoms with van der Waals surface area (Å²) in [6.45, 7) is 2.93. The molecule has 1 N–H and O–H groups in total. The van der Waals surface area contributed by atoms with E-state index in [4.69, 9.17) is 4.74 Å². The summed E-state index contributed by atoms with van der Waals surface area (Å²) in [6.07, 6.45) is 3.34. The molecule has 2 heterocycles. The number of hydrogen-bond donors (Lipinski definition) is 1. The van der Waals surface area contributed by atoms with Crippen molar-refractivity contribution in [2.75, 3.05) is 13.7 Å². The number of amides is 1. The maximum absolute atomic E-state index is 12.6. The predicted octanol–water partition coefficient (Wildman–Crippen LogP) is 3.10. The van der Waals surface area contributed by atoms with Crippen molar-refractivity contribution in [1.82, 2.24) is 15.1 Å². The lowest BCUT2D eigenvalue weighted by molar-refractivity contribution is 0.0629. The highest BCUT2D eigenvalue weighted by molar-refractivity contribution is 5.93. The summed E-state index contributed by atoms with van der Waals surface area (Å²) in [5, 5.41) is 7.16. The molecule has 0 bridgehead atoms. The van der Waals surface area contributed by atoms with Crippen LogP contribution in [0, 0.1) is 0 Å². The van der Waals surface area contributed by atoms with E-state index in [1.54, 1.807) is 7.11 Å². The van der Waals surface area contributed by atoms with Gasteiger partial charge >= 0.3 is 0 Å². The first-order valence-corrected chi connectivity index (χ1v) is 7.70. The van der Waals surface area contributed by atoms with Crippen molar-refractivity contribution in [2.45, 2.75) is 32.2 Å². The monoisotopic (exact) mass is 299 g/mol. The van der Waals surface area contributed by atoms with Crippen LogP contribution in [-0.2, 0) is 0 Å². The molecule has 1 fully saturated rings. The lowest BCUT2D eigenvalue weighted by Gasteiger charge is -2.32. The molecule has 1 aliphatic heterocycles. The third-order valence-electron chi connectivity index (χ3n) is 4.26. The van der Waals surface area contributed by atoms with Crippen LogP contribution in [0.25, 0.3) is 11.3 Å². The lowest BCUT2D eigenvalue weighted by atomic mass is 10.0. The van der Waals surface area contributed by atoms with E-state index in [0.717, 1.165) is 36.4 Å². The van der Waals surface area contributed by atoms with Gasteiger partial charge in [-0.1, -0.05) is 12.1 Å². The Morgan fingerprint density at radius 1 is 1.36 bits per heavy atom. The molecule has 1 aliphatic rings. The smallest absolute Gasteiger partial charge is 0.272 e. The number of rotatable bonds is 3. The first-order chi connectivity index (χ1) is 10.7. The molecule has 1 aromatic heterocycles. The molecule has 1 aromatic carbocycles. The number of methoxy groups -OCH3 is 1. The Balaban J connectivity index is 1.86. The highest BCUT2D eigenvalue weighted by Crippen LogP contribution is 2.29. The number of benzene rings is 1. The zero-order valence-corrected chi connectivity index (χ0v) is 13.0. The van der Waals surface area contributed by atoms with Crippen molar-refractivity contribution in [3.05, 3.63) is 36.0 Å². The molecule has 116 valence electrons. The van der Waals surface area contributed by atoms with Crippen LogP contribution in [0.4, 0.5) is 0 Å². The lowest BCUT2D eigenvalue weighted by Crippen LogP contribution is -2.42. The topological polar surface area (TPSA) is 58.2 Å². The molecule has 3 rings (SSSR count). The molecular formula is C17H21N3O2. The van der Waals surface area contributed by atoms with Crippen LogP contribution in [0.2, 0.25) is 0 Å². The minimum Gasteiger partial charge on any atom is -0.496 e. The minimum atomic E-state index is 0.0286. The summed E-state index contributed by atoms with van der Waals surface area (Å²) in [6, 6.07) is 9.77. The highest BCUT2D eigenvalue weighted by Gasteiger charge is 2.25. The van der Waals surface area contributed by atoms with Crippen molar-refractivity contribution >= 4 is 5.91 Å². The number of ether oxygens (including phenoxy) is 1. The van der Waals surface area contributed by atoms with Crippen molar-refractivity contribution < 1.29 is 9.53 Å². The van der Waals surface area contributed by atoms with E-state index in [1.165, 1.54) is 6.42 Å². The van der Waals surface area contributed by atoms with Gasteiger partial charge in [0.05, 0.1) is 12.8 Å². The second kappa shape index (κ2) is 6.22. The van der Waals surface area contributed by atoms with E-state index in [0.29, 0.717) is 11.7 Å². The van der Waals surface area contributed by atoms with Gasteiger partial charge in [0, 0.05) is 18.2 Å². The van der Waals surface area contributed by atoms with Gasteiger partial charge in [-0.3, -0.25) is 9.89 Å². The number of carbonyl (C=O) groups is 1.